The Kier molecular flexibility index (Phi) is 8.62. The minimum absolute atomic E-state index is 0.131. The van der Waals surface area contributed by atoms with Crippen molar-refractivity contribution in [3.8, 4) is 22.6 Å². The molecular weight excluding hydrogens is 640 g/mol. The number of anilines is 3. The molecule has 0 unspecified atom stereocenters. The zero-order chi connectivity index (χ0) is 33.5. The fraction of sp³-hybridized carbons (Fsp3) is 0.485. The number of aromatic nitrogens is 6. The van der Waals surface area contributed by atoms with E-state index >= 15 is 0 Å². The number of likely N-dealkylation sites (tertiary alicyclic amines) is 1. The van der Waals surface area contributed by atoms with Crippen LogP contribution in [0.4, 0.5) is 26.1 Å². The Balaban J connectivity index is 1.13. The van der Waals surface area contributed by atoms with Crippen molar-refractivity contribution in [1.29, 1.82) is 0 Å². The Hall–Kier alpha value is -4.08. The van der Waals surface area contributed by atoms with E-state index in [1.54, 1.807) is 24.7 Å². The second kappa shape index (κ2) is 12.7. The van der Waals surface area contributed by atoms with Crippen LogP contribution in [0.2, 0.25) is 0 Å². The van der Waals surface area contributed by atoms with Gasteiger partial charge in [0, 0.05) is 74.4 Å². The monoisotopic (exact) mass is 679 g/mol. The number of nitrogens with zero attached hydrogens (tertiary/aromatic N) is 7. The van der Waals surface area contributed by atoms with Crippen molar-refractivity contribution in [3.63, 3.8) is 0 Å². The molecule has 3 aliphatic rings. The van der Waals surface area contributed by atoms with Crippen LogP contribution in [-0.2, 0) is 16.6 Å². The summed E-state index contributed by atoms with van der Waals surface area (Å²) in [6, 6.07) is 7.61. The molecule has 4 aromatic heterocycles. The maximum absolute atomic E-state index is 13.7. The number of hydrogen-bond donors (Lipinski definition) is 3. The number of piperidine rings is 1. The van der Waals surface area contributed by atoms with Crippen molar-refractivity contribution in [2.24, 2.45) is 0 Å². The Bertz CT molecular complexity index is 1880. The number of hydrogen-bond acceptors (Lipinski definition) is 11. The Morgan fingerprint density at radius 2 is 1.71 bits per heavy atom. The van der Waals surface area contributed by atoms with Gasteiger partial charge >= 0.3 is 0 Å². The number of halogens is 2. The van der Waals surface area contributed by atoms with Crippen molar-refractivity contribution in [1.82, 2.24) is 34.0 Å². The topological polar surface area (TPSA) is 151 Å². The van der Waals surface area contributed by atoms with Crippen molar-refractivity contribution >= 4 is 27.3 Å². The van der Waals surface area contributed by atoms with Crippen LogP contribution in [0.1, 0.15) is 63.9 Å². The molecule has 0 atom stereocenters. The summed E-state index contributed by atoms with van der Waals surface area (Å²) in [6.07, 6.45) is 11.9. The third-order valence-corrected chi connectivity index (χ3v) is 11.4. The van der Waals surface area contributed by atoms with Gasteiger partial charge in [-0.05, 0) is 69.2 Å². The maximum atomic E-state index is 13.7. The molecule has 3 fully saturated rings. The molecule has 15 heteroatoms. The summed E-state index contributed by atoms with van der Waals surface area (Å²) < 4.78 is 53.6. The summed E-state index contributed by atoms with van der Waals surface area (Å²) in [5.74, 6) is -1.29. The average Bonchev–Trinajstić information content (AvgIpc) is 3.80. The van der Waals surface area contributed by atoms with Gasteiger partial charge in [-0.3, -0.25) is 9.88 Å². The van der Waals surface area contributed by atoms with E-state index in [2.05, 4.69) is 35.7 Å². The van der Waals surface area contributed by atoms with Crippen LogP contribution in [0.25, 0.3) is 22.6 Å². The normalized spacial score (nSPS) is 23.1. The molecule has 0 radical (unpaired) electrons. The quantitative estimate of drug-likeness (QED) is 0.203. The highest BCUT2D eigenvalue weighted by atomic mass is 32.2. The van der Waals surface area contributed by atoms with Gasteiger partial charge in [-0.15, -0.1) is 0 Å². The molecule has 7 rings (SSSR count). The van der Waals surface area contributed by atoms with Crippen LogP contribution in [0.5, 0.6) is 0 Å². The van der Waals surface area contributed by atoms with E-state index < -0.39 is 21.5 Å². The highest BCUT2D eigenvalue weighted by Gasteiger charge is 2.38. The molecule has 3 N–H and O–H groups in total. The first kappa shape index (κ1) is 32.5. The molecule has 48 heavy (non-hydrogen) atoms. The van der Waals surface area contributed by atoms with Crippen LogP contribution in [0.15, 0.2) is 55.2 Å². The molecule has 0 bridgehead atoms. The molecule has 1 aliphatic heterocycles. The van der Waals surface area contributed by atoms with E-state index in [0.29, 0.717) is 74.0 Å². The standard InChI is InChI=1S/C33H39F2N9O3S/c1-32(45)8-4-24(5-9-32)40-28-17-30(38-19-26(28)27-16-22(6-12-36-27)20-43-14-10-33(34,35)11-15-43)41-29-7-13-37-31(42-29)23-18-39-44(21-23)48(46,47)25-2-3-25/h6-7,12-13,16-19,21,24-25,45H,2-5,8-11,14-15,20H2,1H3,(H2,37,38,40,41,42). The molecule has 2 aliphatic carbocycles. The smallest absolute Gasteiger partial charge is 0.256 e. The van der Waals surface area contributed by atoms with Gasteiger partial charge in [-0.25, -0.2) is 32.2 Å². The van der Waals surface area contributed by atoms with Crippen molar-refractivity contribution in [2.45, 2.75) is 87.7 Å². The zero-order valence-corrected chi connectivity index (χ0v) is 27.5. The lowest BCUT2D eigenvalue weighted by Crippen LogP contribution is -2.38. The fourth-order valence-corrected chi connectivity index (χ4v) is 7.72. The van der Waals surface area contributed by atoms with Gasteiger partial charge < -0.3 is 15.7 Å². The molecular formula is C33H39F2N9O3S. The second-order valence-electron chi connectivity index (χ2n) is 13.4. The lowest BCUT2D eigenvalue weighted by Gasteiger charge is -2.34. The molecule has 0 spiro atoms. The highest BCUT2D eigenvalue weighted by molar-refractivity contribution is 7.90. The maximum Gasteiger partial charge on any atom is 0.256 e. The number of nitrogens with one attached hydrogen (secondary N) is 2. The van der Waals surface area contributed by atoms with E-state index in [9.17, 15) is 22.3 Å². The molecule has 0 amide bonds. The van der Waals surface area contributed by atoms with Crippen LogP contribution in [0.3, 0.4) is 0 Å². The summed E-state index contributed by atoms with van der Waals surface area (Å²) in [6.45, 7) is 3.12. The molecule has 5 heterocycles. The minimum Gasteiger partial charge on any atom is -0.390 e. The number of rotatable bonds is 10. The van der Waals surface area contributed by atoms with E-state index in [1.165, 1.54) is 12.4 Å². The van der Waals surface area contributed by atoms with E-state index in [-0.39, 0.29) is 24.1 Å². The Morgan fingerprint density at radius 1 is 0.958 bits per heavy atom. The zero-order valence-electron chi connectivity index (χ0n) is 26.7. The molecule has 2 saturated carbocycles. The molecule has 254 valence electrons. The predicted molar refractivity (Wildman–Crippen MR) is 177 cm³/mol. The van der Waals surface area contributed by atoms with Gasteiger partial charge in [0.15, 0.2) is 5.82 Å². The van der Waals surface area contributed by atoms with Crippen molar-refractivity contribution < 1.29 is 22.3 Å². The van der Waals surface area contributed by atoms with E-state index in [0.717, 1.165) is 33.7 Å². The van der Waals surface area contributed by atoms with Gasteiger partial charge in [-0.2, -0.15) is 9.19 Å². The van der Waals surface area contributed by atoms with E-state index in [1.807, 2.05) is 30.0 Å². The second-order valence-corrected chi connectivity index (χ2v) is 15.5. The number of aliphatic hydroxyl groups is 1. The van der Waals surface area contributed by atoms with Crippen LogP contribution in [0, 0.1) is 0 Å². The highest BCUT2D eigenvalue weighted by Crippen LogP contribution is 2.35. The Morgan fingerprint density at radius 3 is 2.46 bits per heavy atom. The largest absolute Gasteiger partial charge is 0.390 e. The van der Waals surface area contributed by atoms with Gasteiger partial charge in [0.25, 0.3) is 15.9 Å². The summed E-state index contributed by atoms with van der Waals surface area (Å²) in [7, 11) is -3.51. The predicted octanol–water partition coefficient (Wildman–Crippen LogP) is 5.22. The lowest BCUT2D eigenvalue weighted by atomic mass is 9.83. The SMILES string of the molecule is CC1(O)CCC(Nc2cc(Nc3ccnc(-c4cnn(S(=O)(=O)C5CC5)c4)n3)ncc2-c2cc(CN3CCC(F)(F)CC3)ccn2)CC1. The van der Waals surface area contributed by atoms with Crippen LogP contribution < -0.4 is 10.6 Å². The first-order valence-corrected chi connectivity index (χ1v) is 17.9. The number of alkyl halides is 2. The van der Waals surface area contributed by atoms with Crippen molar-refractivity contribution in [3.05, 3.63) is 60.8 Å². The van der Waals surface area contributed by atoms with Crippen LogP contribution in [-0.4, -0.2) is 83.5 Å². The molecule has 4 aromatic rings. The third kappa shape index (κ3) is 7.47. The summed E-state index contributed by atoms with van der Waals surface area (Å²) >= 11 is 0. The lowest BCUT2D eigenvalue weighted by molar-refractivity contribution is -0.0566. The summed E-state index contributed by atoms with van der Waals surface area (Å²) in [5.41, 5.74) is 3.09. The fourth-order valence-electron chi connectivity index (χ4n) is 6.24. The third-order valence-electron chi connectivity index (χ3n) is 9.36. The van der Waals surface area contributed by atoms with Gasteiger partial charge in [0.2, 0.25) is 0 Å². The summed E-state index contributed by atoms with van der Waals surface area (Å²) in [5, 5.41) is 21.1. The average molecular weight is 680 g/mol. The minimum atomic E-state index is -3.51. The first-order valence-electron chi connectivity index (χ1n) is 16.4. The Labute approximate surface area is 278 Å². The number of pyridine rings is 2. The first-order chi connectivity index (χ1) is 22.9. The van der Waals surface area contributed by atoms with Gasteiger partial charge in [0.05, 0.1) is 34.5 Å². The van der Waals surface area contributed by atoms with Crippen molar-refractivity contribution in [2.75, 3.05) is 23.7 Å². The molecule has 0 aromatic carbocycles. The summed E-state index contributed by atoms with van der Waals surface area (Å²) in [4.78, 5) is 20.3. The molecule has 12 nitrogen and oxygen atoms in total. The van der Waals surface area contributed by atoms with Gasteiger partial charge in [0.1, 0.15) is 11.6 Å². The van der Waals surface area contributed by atoms with Crippen LogP contribution >= 0.6 is 0 Å². The van der Waals surface area contributed by atoms with E-state index in [4.69, 9.17) is 0 Å². The molecule has 1 saturated heterocycles. The van der Waals surface area contributed by atoms with Gasteiger partial charge in [-0.1, -0.05) is 0 Å².